The minimum Gasteiger partial charge on any atom is -0.497 e. The van der Waals surface area contributed by atoms with Crippen molar-refractivity contribution in [1.82, 2.24) is 5.32 Å². The number of anilines is 1. The Morgan fingerprint density at radius 1 is 1.29 bits per heavy atom. The van der Waals surface area contributed by atoms with Crippen molar-refractivity contribution in [3.05, 3.63) is 24.3 Å². The molecule has 0 bridgehead atoms. The van der Waals surface area contributed by atoms with E-state index in [0.717, 1.165) is 12.3 Å². The van der Waals surface area contributed by atoms with E-state index in [2.05, 4.69) is 43.2 Å². The normalized spacial score (nSPS) is 22.5. The van der Waals surface area contributed by atoms with Crippen LogP contribution < -0.4 is 15.0 Å². The SMILES string of the molecule is COc1ccc(N(C)C2CNC(C)(C)C2)cc1. The summed E-state index contributed by atoms with van der Waals surface area (Å²) in [6.45, 7) is 5.57. The summed E-state index contributed by atoms with van der Waals surface area (Å²) in [6.07, 6.45) is 1.18. The van der Waals surface area contributed by atoms with E-state index >= 15 is 0 Å². The molecule has 1 saturated heterocycles. The maximum absolute atomic E-state index is 5.18. The summed E-state index contributed by atoms with van der Waals surface area (Å²) in [7, 11) is 3.86. The second-order valence-electron chi connectivity index (χ2n) is 5.43. The summed E-state index contributed by atoms with van der Waals surface area (Å²) < 4.78 is 5.18. The molecular weight excluding hydrogens is 212 g/mol. The summed E-state index contributed by atoms with van der Waals surface area (Å²) in [6, 6.07) is 8.82. The van der Waals surface area contributed by atoms with E-state index in [9.17, 15) is 0 Å². The van der Waals surface area contributed by atoms with E-state index in [1.165, 1.54) is 12.1 Å². The minimum absolute atomic E-state index is 0.255. The first-order valence-corrected chi connectivity index (χ1v) is 6.14. The van der Waals surface area contributed by atoms with Crippen molar-refractivity contribution in [3.63, 3.8) is 0 Å². The third-order valence-electron chi connectivity index (χ3n) is 3.59. The van der Waals surface area contributed by atoms with Crippen LogP contribution in [0.5, 0.6) is 5.75 Å². The number of likely N-dealkylation sites (N-methyl/N-ethyl adjacent to an activating group) is 1. The Labute approximate surface area is 104 Å². The molecule has 1 heterocycles. The van der Waals surface area contributed by atoms with Gasteiger partial charge in [0.15, 0.2) is 0 Å². The molecule has 0 aromatic heterocycles. The smallest absolute Gasteiger partial charge is 0.119 e. The summed E-state index contributed by atoms with van der Waals surface area (Å²) >= 11 is 0. The Morgan fingerprint density at radius 2 is 1.94 bits per heavy atom. The van der Waals surface area contributed by atoms with Crippen molar-refractivity contribution in [1.29, 1.82) is 0 Å². The highest BCUT2D eigenvalue weighted by Gasteiger charge is 2.32. The molecule has 1 aliphatic heterocycles. The number of benzene rings is 1. The Hall–Kier alpha value is -1.22. The second-order valence-corrected chi connectivity index (χ2v) is 5.43. The van der Waals surface area contributed by atoms with Gasteiger partial charge in [0.25, 0.3) is 0 Å². The van der Waals surface area contributed by atoms with E-state index in [0.29, 0.717) is 6.04 Å². The van der Waals surface area contributed by atoms with Gasteiger partial charge in [0.1, 0.15) is 5.75 Å². The first-order valence-electron chi connectivity index (χ1n) is 6.14. The monoisotopic (exact) mass is 234 g/mol. The molecule has 0 aliphatic carbocycles. The van der Waals surface area contributed by atoms with Gasteiger partial charge in [0, 0.05) is 30.9 Å². The van der Waals surface area contributed by atoms with Crippen LogP contribution in [-0.2, 0) is 0 Å². The number of hydrogen-bond acceptors (Lipinski definition) is 3. The van der Waals surface area contributed by atoms with E-state index < -0.39 is 0 Å². The van der Waals surface area contributed by atoms with Gasteiger partial charge in [0.05, 0.1) is 7.11 Å². The van der Waals surface area contributed by atoms with E-state index in [1.54, 1.807) is 7.11 Å². The van der Waals surface area contributed by atoms with Crippen LogP contribution in [0.25, 0.3) is 0 Å². The number of hydrogen-bond donors (Lipinski definition) is 1. The van der Waals surface area contributed by atoms with Gasteiger partial charge in [0.2, 0.25) is 0 Å². The lowest BCUT2D eigenvalue weighted by atomic mass is 10.0. The lowest BCUT2D eigenvalue weighted by Gasteiger charge is -2.27. The minimum atomic E-state index is 0.255. The molecule has 1 N–H and O–H groups in total. The van der Waals surface area contributed by atoms with Crippen molar-refractivity contribution in [2.24, 2.45) is 0 Å². The molecule has 1 aromatic carbocycles. The molecule has 1 unspecified atom stereocenters. The molecule has 1 atom stereocenters. The second kappa shape index (κ2) is 4.57. The van der Waals surface area contributed by atoms with E-state index in [4.69, 9.17) is 4.74 Å². The molecular formula is C14H22N2O. The molecule has 1 fully saturated rings. The standard InChI is InChI=1S/C14H22N2O/c1-14(2)9-12(10-15-14)16(3)11-5-7-13(17-4)8-6-11/h5-8,12,15H,9-10H2,1-4H3. The largest absolute Gasteiger partial charge is 0.497 e. The molecule has 0 spiro atoms. The molecule has 2 rings (SSSR count). The molecule has 0 radical (unpaired) electrons. The molecule has 17 heavy (non-hydrogen) atoms. The zero-order valence-corrected chi connectivity index (χ0v) is 11.2. The van der Waals surface area contributed by atoms with Crippen LogP contribution in [0.4, 0.5) is 5.69 Å². The molecule has 1 aromatic rings. The highest BCUT2D eigenvalue weighted by Crippen LogP contribution is 2.26. The van der Waals surface area contributed by atoms with Crippen molar-refractivity contribution in [2.45, 2.75) is 31.8 Å². The molecule has 3 heteroatoms. The summed E-state index contributed by atoms with van der Waals surface area (Å²) in [5.41, 5.74) is 1.50. The van der Waals surface area contributed by atoms with Crippen molar-refractivity contribution >= 4 is 5.69 Å². The maximum atomic E-state index is 5.18. The van der Waals surface area contributed by atoms with Gasteiger partial charge in [-0.1, -0.05) is 0 Å². The number of ether oxygens (including phenoxy) is 1. The van der Waals surface area contributed by atoms with Gasteiger partial charge in [-0.05, 0) is 44.5 Å². The Bertz CT molecular complexity index is 372. The number of rotatable bonds is 3. The van der Waals surface area contributed by atoms with Crippen LogP contribution in [0.3, 0.4) is 0 Å². The lowest BCUT2D eigenvalue weighted by Crippen LogP contribution is -2.33. The number of nitrogens with zero attached hydrogens (tertiary/aromatic N) is 1. The third-order valence-corrected chi connectivity index (χ3v) is 3.59. The molecule has 94 valence electrons. The summed E-state index contributed by atoms with van der Waals surface area (Å²) in [4.78, 5) is 2.35. The highest BCUT2D eigenvalue weighted by atomic mass is 16.5. The zero-order valence-electron chi connectivity index (χ0n) is 11.2. The van der Waals surface area contributed by atoms with Gasteiger partial charge in [-0.2, -0.15) is 0 Å². The Kier molecular flexibility index (Phi) is 3.29. The van der Waals surface area contributed by atoms with Gasteiger partial charge >= 0.3 is 0 Å². The fourth-order valence-corrected chi connectivity index (χ4v) is 2.43. The fraction of sp³-hybridized carbons (Fsp3) is 0.571. The van der Waals surface area contributed by atoms with Gasteiger partial charge in [-0.3, -0.25) is 0 Å². The van der Waals surface area contributed by atoms with Gasteiger partial charge < -0.3 is 15.0 Å². The highest BCUT2D eigenvalue weighted by molar-refractivity contribution is 5.49. The van der Waals surface area contributed by atoms with Gasteiger partial charge in [-0.15, -0.1) is 0 Å². The average Bonchev–Trinajstić information content (AvgIpc) is 2.69. The van der Waals surface area contributed by atoms with Gasteiger partial charge in [-0.25, -0.2) is 0 Å². The first kappa shape index (κ1) is 12.2. The van der Waals surface area contributed by atoms with Crippen LogP contribution in [-0.4, -0.2) is 32.3 Å². The average molecular weight is 234 g/mol. The molecule has 3 nitrogen and oxygen atoms in total. The third kappa shape index (κ3) is 2.72. The van der Waals surface area contributed by atoms with Crippen molar-refractivity contribution < 1.29 is 4.74 Å². The number of nitrogens with one attached hydrogen (secondary N) is 1. The topological polar surface area (TPSA) is 24.5 Å². The molecule has 1 aliphatic rings. The van der Waals surface area contributed by atoms with Crippen LogP contribution in [0, 0.1) is 0 Å². The predicted octanol–water partition coefficient (Wildman–Crippen LogP) is 2.27. The number of methoxy groups -OCH3 is 1. The predicted molar refractivity (Wildman–Crippen MR) is 71.9 cm³/mol. The van der Waals surface area contributed by atoms with Crippen molar-refractivity contribution in [3.8, 4) is 5.75 Å². The lowest BCUT2D eigenvalue weighted by molar-refractivity contribution is 0.414. The maximum Gasteiger partial charge on any atom is 0.119 e. The van der Waals surface area contributed by atoms with Crippen LogP contribution in [0.15, 0.2) is 24.3 Å². The Morgan fingerprint density at radius 3 is 2.41 bits per heavy atom. The molecule has 0 amide bonds. The molecule has 0 saturated carbocycles. The van der Waals surface area contributed by atoms with E-state index in [-0.39, 0.29) is 5.54 Å². The summed E-state index contributed by atoms with van der Waals surface area (Å²) in [5.74, 6) is 0.909. The van der Waals surface area contributed by atoms with Crippen LogP contribution in [0.2, 0.25) is 0 Å². The quantitative estimate of drug-likeness (QED) is 0.868. The fourth-order valence-electron chi connectivity index (χ4n) is 2.43. The van der Waals surface area contributed by atoms with E-state index in [1.807, 2.05) is 12.1 Å². The first-order chi connectivity index (χ1) is 8.02. The van der Waals surface area contributed by atoms with Crippen LogP contribution in [0.1, 0.15) is 20.3 Å². The van der Waals surface area contributed by atoms with Crippen molar-refractivity contribution in [2.75, 3.05) is 25.6 Å². The zero-order chi connectivity index (χ0) is 12.5. The Balaban J connectivity index is 2.06. The van der Waals surface area contributed by atoms with Crippen LogP contribution >= 0.6 is 0 Å². The summed E-state index contributed by atoms with van der Waals surface area (Å²) in [5, 5.41) is 3.55.